The lowest BCUT2D eigenvalue weighted by atomic mass is 9.92. The first-order chi connectivity index (χ1) is 11.6. The highest BCUT2D eigenvalue weighted by Gasteiger charge is 2.21. The highest BCUT2D eigenvalue weighted by Crippen LogP contribution is 2.27. The van der Waals surface area contributed by atoms with Gasteiger partial charge in [-0.05, 0) is 31.2 Å². The van der Waals surface area contributed by atoms with Crippen LogP contribution in [0.1, 0.15) is 38.5 Å². The molecule has 7 heteroatoms. The first kappa shape index (κ1) is 24.6. The van der Waals surface area contributed by atoms with E-state index in [1.54, 1.807) is 18.4 Å². The van der Waals surface area contributed by atoms with Gasteiger partial charge in [0.2, 0.25) is 0 Å². The van der Waals surface area contributed by atoms with Crippen LogP contribution in [-0.4, -0.2) is 52.5 Å². The highest BCUT2D eigenvalue weighted by molar-refractivity contribution is 14.0. The number of hydrogen-bond donors (Lipinski definition) is 2. The molecule has 0 aromatic carbocycles. The topological polar surface area (TPSA) is 54.9 Å². The first-order valence-electron chi connectivity index (χ1n) is 8.73. The van der Waals surface area contributed by atoms with Crippen molar-refractivity contribution in [1.29, 1.82) is 0 Å². The molecule has 0 atom stereocenters. The maximum absolute atomic E-state index is 5.46. The van der Waals surface area contributed by atoms with Crippen molar-refractivity contribution < 1.29 is 9.47 Å². The van der Waals surface area contributed by atoms with Crippen LogP contribution < -0.4 is 10.6 Å². The van der Waals surface area contributed by atoms with E-state index in [0.29, 0.717) is 13.2 Å². The number of aliphatic imine (C=N–C) groups is 1. The van der Waals surface area contributed by atoms with Crippen LogP contribution in [0.5, 0.6) is 0 Å². The van der Waals surface area contributed by atoms with E-state index in [4.69, 9.17) is 14.5 Å². The fourth-order valence-corrected chi connectivity index (χ4v) is 2.98. The summed E-state index contributed by atoms with van der Waals surface area (Å²) in [5.41, 5.74) is 0.0612. The molecule has 1 rings (SSSR count). The van der Waals surface area contributed by atoms with Gasteiger partial charge in [-0.3, -0.25) is 4.99 Å². The average Bonchev–Trinajstić information content (AvgIpc) is 3.10. The lowest BCUT2D eigenvalue weighted by molar-refractivity contribution is 0.0689. The van der Waals surface area contributed by atoms with Gasteiger partial charge in [0.25, 0.3) is 0 Å². The summed E-state index contributed by atoms with van der Waals surface area (Å²) in [6.07, 6.45) is 2.10. The summed E-state index contributed by atoms with van der Waals surface area (Å²) in [5.74, 6) is 0.891. The molecule has 0 bridgehead atoms. The van der Waals surface area contributed by atoms with Gasteiger partial charge in [-0.1, -0.05) is 19.9 Å². The largest absolute Gasteiger partial charge is 0.382 e. The van der Waals surface area contributed by atoms with Gasteiger partial charge in [-0.25, -0.2) is 0 Å². The van der Waals surface area contributed by atoms with Crippen LogP contribution in [0.15, 0.2) is 22.5 Å². The normalized spacial score (nSPS) is 11.9. The Balaban J connectivity index is 0.00000576. The summed E-state index contributed by atoms with van der Waals surface area (Å²) in [6.45, 7) is 11.2. The van der Waals surface area contributed by atoms with Crippen LogP contribution in [0.3, 0.4) is 0 Å². The van der Waals surface area contributed by atoms with Crippen LogP contribution in [0.2, 0.25) is 0 Å². The number of nitrogens with one attached hydrogen (secondary N) is 2. The number of rotatable bonds is 12. The first-order valence-corrected chi connectivity index (χ1v) is 9.61. The molecule has 0 aliphatic carbocycles. The monoisotopic (exact) mass is 483 g/mol. The van der Waals surface area contributed by atoms with Crippen molar-refractivity contribution in [3.63, 3.8) is 0 Å². The lowest BCUT2D eigenvalue weighted by Gasteiger charge is -2.21. The molecule has 0 fully saturated rings. The quantitative estimate of drug-likeness (QED) is 0.206. The predicted molar refractivity (Wildman–Crippen MR) is 119 cm³/mol. The van der Waals surface area contributed by atoms with E-state index in [1.807, 2.05) is 0 Å². The molecular formula is C18H34IN3O2S. The van der Waals surface area contributed by atoms with E-state index in [2.05, 4.69) is 48.9 Å². The molecule has 5 nitrogen and oxygen atoms in total. The van der Waals surface area contributed by atoms with Crippen molar-refractivity contribution in [1.82, 2.24) is 10.6 Å². The average molecular weight is 483 g/mol. The third-order valence-corrected chi connectivity index (χ3v) is 4.84. The number of ether oxygens (including phenoxy) is 2. The van der Waals surface area contributed by atoms with Crippen molar-refractivity contribution >= 4 is 41.3 Å². The van der Waals surface area contributed by atoms with Crippen LogP contribution in [0.4, 0.5) is 0 Å². The highest BCUT2D eigenvalue weighted by atomic mass is 127. The van der Waals surface area contributed by atoms with Gasteiger partial charge in [-0.15, -0.1) is 35.3 Å². The molecule has 1 aromatic rings. The second-order valence-electron chi connectivity index (χ2n) is 6.30. The molecule has 25 heavy (non-hydrogen) atoms. The van der Waals surface area contributed by atoms with Crippen LogP contribution in [0.25, 0.3) is 0 Å². The molecule has 2 N–H and O–H groups in total. The molecule has 0 aliphatic heterocycles. The van der Waals surface area contributed by atoms with Crippen molar-refractivity contribution in [3.05, 3.63) is 22.4 Å². The molecule has 0 radical (unpaired) electrons. The Morgan fingerprint density at radius 1 is 1.20 bits per heavy atom. The molecule has 1 aromatic heterocycles. The number of thiophene rings is 1. The molecule has 1 heterocycles. The van der Waals surface area contributed by atoms with Crippen molar-refractivity contribution in [2.45, 2.75) is 39.0 Å². The maximum atomic E-state index is 5.46. The minimum absolute atomic E-state index is 0. The second-order valence-corrected chi connectivity index (χ2v) is 7.24. The standard InChI is InChI=1S/C18H33N3O2S.HI/c1-5-19-17(20-10-6-7-11-23-13-12-22-4)21-15-18(2,3)16-9-8-14-24-16;/h8-9,14H,5-7,10-13,15H2,1-4H3,(H2,19,20,21);1H. The Morgan fingerprint density at radius 2 is 2.00 bits per heavy atom. The summed E-state index contributed by atoms with van der Waals surface area (Å²) in [6, 6.07) is 4.29. The summed E-state index contributed by atoms with van der Waals surface area (Å²) in [5, 5.41) is 8.84. The zero-order valence-electron chi connectivity index (χ0n) is 16.0. The summed E-state index contributed by atoms with van der Waals surface area (Å²) in [4.78, 5) is 6.12. The minimum atomic E-state index is 0. The Kier molecular flexibility index (Phi) is 14.5. The zero-order valence-corrected chi connectivity index (χ0v) is 19.1. The molecule has 0 saturated carbocycles. The Hall–Kier alpha value is -0.380. The van der Waals surface area contributed by atoms with E-state index in [-0.39, 0.29) is 29.4 Å². The number of guanidine groups is 1. The number of nitrogens with zero attached hydrogens (tertiary/aromatic N) is 1. The Bertz CT molecular complexity index is 453. The number of hydrogen-bond acceptors (Lipinski definition) is 4. The van der Waals surface area contributed by atoms with Gasteiger partial charge in [0.05, 0.1) is 19.8 Å². The molecule has 0 spiro atoms. The van der Waals surface area contributed by atoms with Crippen LogP contribution in [0, 0.1) is 0 Å². The van der Waals surface area contributed by atoms with Crippen molar-refractivity contribution in [3.8, 4) is 0 Å². The Labute approximate surface area is 174 Å². The number of halogens is 1. The SMILES string of the molecule is CCNC(=NCC(C)(C)c1cccs1)NCCCCOCCOC.I. The van der Waals surface area contributed by atoms with Crippen molar-refractivity contribution in [2.75, 3.05) is 46.6 Å². The van der Waals surface area contributed by atoms with Gasteiger partial charge in [0.1, 0.15) is 0 Å². The predicted octanol–water partition coefficient (Wildman–Crippen LogP) is 3.64. The molecule has 0 amide bonds. The molecular weight excluding hydrogens is 449 g/mol. The fourth-order valence-electron chi connectivity index (χ4n) is 2.14. The zero-order chi connectivity index (χ0) is 17.7. The van der Waals surface area contributed by atoms with Crippen LogP contribution in [-0.2, 0) is 14.9 Å². The van der Waals surface area contributed by atoms with E-state index in [1.165, 1.54) is 4.88 Å². The smallest absolute Gasteiger partial charge is 0.191 e. The Morgan fingerprint density at radius 3 is 2.64 bits per heavy atom. The maximum Gasteiger partial charge on any atom is 0.191 e. The van der Waals surface area contributed by atoms with E-state index in [9.17, 15) is 0 Å². The third-order valence-electron chi connectivity index (χ3n) is 3.60. The van der Waals surface area contributed by atoms with E-state index < -0.39 is 0 Å². The molecule has 146 valence electrons. The lowest BCUT2D eigenvalue weighted by Crippen LogP contribution is -2.39. The van der Waals surface area contributed by atoms with E-state index >= 15 is 0 Å². The minimum Gasteiger partial charge on any atom is -0.382 e. The van der Waals surface area contributed by atoms with Gasteiger partial charge in [0, 0.05) is 37.1 Å². The molecule has 0 unspecified atom stereocenters. The van der Waals surface area contributed by atoms with Gasteiger partial charge in [0.15, 0.2) is 5.96 Å². The number of methoxy groups -OCH3 is 1. The summed E-state index contributed by atoms with van der Waals surface area (Å²) in [7, 11) is 1.69. The van der Waals surface area contributed by atoms with Gasteiger partial charge < -0.3 is 20.1 Å². The van der Waals surface area contributed by atoms with Gasteiger partial charge >= 0.3 is 0 Å². The molecule has 0 aliphatic rings. The van der Waals surface area contributed by atoms with Crippen molar-refractivity contribution in [2.24, 2.45) is 4.99 Å². The number of unbranched alkanes of at least 4 members (excludes halogenated alkanes) is 1. The third kappa shape index (κ3) is 11.0. The summed E-state index contributed by atoms with van der Waals surface area (Å²) >= 11 is 1.79. The van der Waals surface area contributed by atoms with E-state index in [0.717, 1.165) is 45.0 Å². The summed E-state index contributed by atoms with van der Waals surface area (Å²) < 4.78 is 10.4. The van der Waals surface area contributed by atoms with Gasteiger partial charge in [-0.2, -0.15) is 0 Å². The van der Waals surface area contributed by atoms with Crippen LogP contribution >= 0.6 is 35.3 Å². The fraction of sp³-hybridized carbons (Fsp3) is 0.722. The second kappa shape index (κ2) is 14.8. The molecule has 0 saturated heterocycles.